The van der Waals surface area contributed by atoms with Crippen LogP contribution in [0.1, 0.15) is 12.0 Å². The summed E-state index contributed by atoms with van der Waals surface area (Å²) in [6, 6.07) is 10.4. The van der Waals surface area contributed by atoms with Gasteiger partial charge in [-0.25, -0.2) is 8.42 Å². The van der Waals surface area contributed by atoms with E-state index in [-0.39, 0.29) is 18.7 Å². The van der Waals surface area contributed by atoms with Crippen molar-refractivity contribution >= 4 is 32.6 Å². The van der Waals surface area contributed by atoms with Crippen LogP contribution >= 0.6 is 0 Å². The van der Waals surface area contributed by atoms with Crippen molar-refractivity contribution in [2.45, 2.75) is 24.0 Å². The molecule has 3 rings (SSSR count). The number of aryl methyl sites for hydroxylation is 1. The van der Waals surface area contributed by atoms with Crippen LogP contribution in [0.5, 0.6) is 0 Å². The lowest BCUT2D eigenvalue weighted by Gasteiger charge is -2.16. The Bertz CT molecular complexity index is 1150. The molecule has 0 saturated heterocycles. The zero-order valence-corrected chi connectivity index (χ0v) is 16.0. The molecule has 0 aliphatic carbocycles. The number of carbonyl (C=O) groups excluding carboxylic acids is 1. The van der Waals surface area contributed by atoms with E-state index in [0.717, 1.165) is 12.1 Å². The lowest BCUT2D eigenvalue weighted by molar-refractivity contribution is -0.141. The van der Waals surface area contributed by atoms with Gasteiger partial charge in [0.2, 0.25) is 0 Å². The molecule has 0 atom stereocenters. The second-order valence-electron chi connectivity index (χ2n) is 6.18. The van der Waals surface area contributed by atoms with E-state index in [0.29, 0.717) is 17.0 Å². The Morgan fingerprint density at radius 3 is 2.52 bits per heavy atom. The Hall–Kier alpha value is -3.01. The Kier molecular flexibility index (Phi) is 5.56. The van der Waals surface area contributed by atoms with E-state index in [4.69, 9.17) is 0 Å². The highest BCUT2D eigenvalue weighted by atomic mass is 32.2. The number of hydrogen-bond donors (Lipinski definition) is 1. The predicted octanol–water partition coefficient (Wildman–Crippen LogP) is 4.02. The number of aromatic nitrogens is 1. The van der Waals surface area contributed by atoms with Crippen LogP contribution in [0, 0.1) is 0 Å². The van der Waals surface area contributed by atoms with Crippen LogP contribution in [0.4, 0.5) is 18.9 Å². The van der Waals surface area contributed by atoms with Gasteiger partial charge >= 0.3 is 12.1 Å². The van der Waals surface area contributed by atoms with E-state index >= 15 is 0 Å². The van der Waals surface area contributed by atoms with Crippen LogP contribution in [-0.2, 0) is 32.3 Å². The number of hydrogen-bond acceptors (Lipinski definition) is 4. The minimum Gasteiger partial charge on any atom is -0.469 e. The van der Waals surface area contributed by atoms with Crippen molar-refractivity contribution < 1.29 is 31.1 Å². The molecule has 1 N–H and O–H groups in total. The van der Waals surface area contributed by atoms with Gasteiger partial charge in [0.15, 0.2) is 0 Å². The van der Waals surface area contributed by atoms with Gasteiger partial charge in [0.1, 0.15) is 0 Å². The van der Waals surface area contributed by atoms with Gasteiger partial charge in [-0.15, -0.1) is 0 Å². The fourth-order valence-corrected chi connectivity index (χ4v) is 4.27. The molecule has 0 bridgehead atoms. The third-order valence-electron chi connectivity index (χ3n) is 4.30. The summed E-state index contributed by atoms with van der Waals surface area (Å²) in [4.78, 5) is 10.6. The number of esters is 1. The second kappa shape index (κ2) is 7.78. The predicted molar refractivity (Wildman–Crippen MR) is 101 cm³/mol. The summed E-state index contributed by atoms with van der Waals surface area (Å²) in [6.07, 6.45) is -3.11. The lowest BCUT2D eigenvalue weighted by Crippen LogP contribution is -2.19. The van der Waals surface area contributed by atoms with Crippen molar-refractivity contribution in [1.82, 2.24) is 4.57 Å². The molecule has 0 unspecified atom stereocenters. The fraction of sp³-hybridized carbons (Fsp3) is 0.211. The van der Waals surface area contributed by atoms with Gasteiger partial charge in [0.05, 0.1) is 35.2 Å². The molecule has 1 heterocycles. The molecular weight excluding hydrogens is 409 g/mol. The molecule has 0 spiro atoms. The van der Waals surface area contributed by atoms with Crippen molar-refractivity contribution in [2.75, 3.05) is 11.8 Å². The van der Waals surface area contributed by atoms with Crippen LogP contribution in [0.2, 0.25) is 0 Å². The number of alkyl halides is 3. The quantitative estimate of drug-likeness (QED) is 0.604. The molecule has 3 aromatic rings. The zero-order valence-electron chi connectivity index (χ0n) is 15.2. The molecule has 0 aliphatic rings. The summed E-state index contributed by atoms with van der Waals surface area (Å²) in [5.74, 6) is -0.441. The van der Waals surface area contributed by atoms with Crippen molar-refractivity contribution in [1.29, 1.82) is 0 Å². The number of para-hydroxylation sites is 1. The second-order valence-corrected chi connectivity index (χ2v) is 7.83. The topological polar surface area (TPSA) is 77.4 Å². The number of methoxy groups -OCH3 is 1. The fourth-order valence-electron chi connectivity index (χ4n) is 2.98. The number of nitrogens with one attached hydrogen (secondary N) is 1. The van der Waals surface area contributed by atoms with Crippen LogP contribution in [-0.4, -0.2) is 26.1 Å². The number of carbonyl (C=O) groups is 1. The summed E-state index contributed by atoms with van der Waals surface area (Å²) in [5, 5.41) is 0.666. The highest BCUT2D eigenvalue weighted by Gasteiger charge is 2.37. The first kappa shape index (κ1) is 20.7. The molecule has 0 amide bonds. The highest BCUT2D eigenvalue weighted by Crippen LogP contribution is 2.35. The van der Waals surface area contributed by atoms with Crippen LogP contribution < -0.4 is 4.72 Å². The maximum absolute atomic E-state index is 13.3. The highest BCUT2D eigenvalue weighted by molar-refractivity contribution is 7.92. The molecular formula is C19H17F3N2O4S. The molecule has 0 fully saturated rings. The van der Waals surface area contributed by atoms with E-state index in [1.165, 1.54) is 19.2 Å². The summed E-state index contributed by atoms with van der Waals surface area (Å²) in [5.41, 5.74) is -0.695. The zero-order chi connectivity index (χ0) is 21.2. The molecule has 0 aliphatic heterocycles. The molecule has 10 heteroatoms. The SMILES string of the molecule is COC(=O)CCn1ccc2cccc(NS(=O)(=O)c3ccccc3C(F)(F)F)c21. The van der Waals surface area contributed by atoms with Gasteiger partial charge in [0.25, 0.3) is 10.0 Å². The third kappa shape index (κ3) is 4.37. The number of rotatable bonds is 6. The third-order valence-corrected chi connectivity index (χ3v) is 5.72. The summed E-state index contributed by atoms with van der Waals surface area (Å²) in [7, 11) is -3.27. The maximum Gasteiger partial charge on any atom is 0.417 e. The van der Waals surface area contributed by atoms with Gasteiger partial charge in [-0.3, -0.25) is 9.52 Å². The number of anilines is 1. The van der Waals surface area contributed by atoms with Crippen molar-refractivity contribution in [3.8, 4) is 0 Å². The van der Waals surface area contributed by atoms with E-state index < -0.39 is 32.6 Å². The smallest absolute Gasteiger partial charge is 0.417 e. The standard InChI is InChI=1S/C19H17F3N2O4S/c1-28-17(25)10-12-24-11-9-13-5-4-7-15(18(13)24)23-29(26,27)16-8-3-2-6-14(16)19(20,21)22/h2-9,11,23H,10,12H2,1H3. The first-order valence-corrected chi connectivity index (χ1v) is 9.95. The molecule has 1 aromatic heterocycles. The minimum atomic E-state index is -4.82. The van der Waals surface area contributed by atoms with Crippen molar-refractivity contribution in [3.63, 3.8) is 0 Å². The largest absolute Gasteiger partial charge is 0.469 e. The summed E-state index contributed by atoms with van der Waals surface area (Å²) >= 11 is 0. The Balaban J connectivity index is 2.02. The van der Waals surface area contributed by atoms with Gasteiger partial charge in [-0.05, 0) is 24.3 Å². The van der Waals surface area contributed by atoms with E-state index in [1.807, 2.05) is 0 Å². The first-order valence-electron chi connectivity index (χ1n) is 8.47. The normalized spacial score (nSPS) is 12.1. The molecule has 2 aromatic carbocycles. The molecule has 29 heavy (non-hydrogen) atoms. The maximum atomic E-state index is 13.3. The Morgan fingerprint density at radius 1 is 1.10 bits per heavy atom. The van der Waals surface area contributed by atoms with Crippen LogP contribution in [0.15, 0.2) is 59.6 Å². The van der Waals surface area contributed by atoms with E-state index in [2.05, 4.69) is 9.46 Å². The van der Waals surface area contributed by atoms with E-state index in [9.17, 15) is 26.4 Å². The number of ether oxygens (including phenoxy) is 1. The van der Waals surface area contributed by atoms with Gasteiger partial charge in [-0.2, -0.15) is 13.2 Å². The van der Waals surface area contributed by atoms with Gasteiger partial charge in [-0.1, -0.05) is 24.3 Å². The average Bonchev–Trinajstić information content (AvgIpc) is 3.09. The molecule has 0 saturated carbocycles. The monoisotopic (exact) mass is 426 g/mol. The number of fused-ring (bicyclic) bond motifs is 1. The van der Waals surface area contributed by atoms with Gasteiger partial charge in [0, 0.05) is 18.1 Å². The van der Waals surface area contributed by atoms with Gasteiger partial charge < -0.3 is 9.30 Å². The summed E-state index contributed by atoms with van der Waals surface area (Å²) < 4.78 is 73.8. The number of sulfonamides is 1. The van der Waals surface area contributed by atoms with E-state index in [1.54, 1.807) is 29.0 Å². The van der Waals surface area contributed by atoms with Crippen LogP contribution in [0.3, 0.4) is 0 Å². The van der Waals surface area contributed by atoms with Crippen molar-refractivity contribution in [3.05, 3.63) is 60.3 Å². The number of halogens is 3. The molecule has 154 valence electrons. The Labute approximate surface area is 164 Å². The number of benzene rings is 2. The average molecular weight is 426 g/mol. The lowest BCUT2D eigenvalue weighted by atomic mass is 10.2. The first-order chi connectivity index (χ1) is 13.6. The van der Waals surface area contributed by atoms with Crippen molar-refractivity contribution in [2.24, 2.45) is 0 Å². The molecule has 6 nitrogen and oxygen atoms in total. The number of nitrogens with zero attached hydrogens (tertiary/aromatic N) is 1. The minimum absolute atomic E-state index is 0.0538. The van der Waals surface area contributed by atoms with Crippen LogP contribution in [0.25, 0.3) is 10.9 Å². The molecule has 0 radical (unpaired) electrons. The summed E-state index contributed by atoms with van der Waals surface area (Å²) in [6.45, 7) is 0.216. The Morgan fingerprint density at radius 2 is 1.83 bits per heavy atom.